The largest absolute Gasteiger partial charge is 0.208 e. The lowest BCUT2D eigenvalue weighted by atomic mass is 9.70. The quantitative estimate of drug-likeness (QED) is 0.176. The molecular weight excluding hydrogens is 715 g/mol. The third-order valence-electron chi connectivity index (χ3n) is 12.4. The zero-order valence-electron chi connectivity index (χ0n) is 32.0. The minimum absolute atomic E-state index is 0.354. The van der Waals surface area contributed by atoms with Gasteiger partial charge in [0.1, 0.15) is 0 Å². The van der Waals surface area contributed by atoms with E-state index in [0.717, 1.165) is 38.6 Å². The zero-order valence-corrected chi connectivity index (χ0v) is 32.0. The first-order valence-corrected chi connectivity index (χ1v) is 20.2. The Morgan fingerprint density at radius 2 is 0.661 bits per heavy atom. The summed E-state index contributed by atoms with van der Waals surface area (Å²) in [7, 11) is 0. The maximum absolute atomic E-state index is 5.06. The first-order valence-electron chi connectivity index (χ1n) is 20.2. The fourth-order valence-corrected chi connectivity index (χ4v) is 9.70. The van der Waals surface area contributed by atoms with Crippen LogP contribution in [0.4, 0.5) is 0 Å². The maximum atomic E-state index is 5.06. The minimum Gasteiger partial charge on any atom is -0.208 e. The van der Waals surface area contributed by atoms with E-state index in [1.165, 1.54) is 55.6 Å². The molecular formula is C56H35N3. The van der Waals surface area contributed by atoms with E-state index < -0.39 is 0 Å². The minimum atomic E-state index is -0.354. The third-order valence-corrected chi connectivity index (χ3v) is 12.4. The summed E-state index contributed by atoms with van der Waals surface area (Å²) in [5, 5.41) is 2.27. The lowest BCUT2D eigenvalue weighted by Crippen LogP contribution is -2.25. The van der Waals surface area contributed by atoms with E-state index in [1.54, 1.807) is 0 Å². The highest BCUT2D eigenvalue weighted by molar-refractivity contribution is 5.97. The van der Waals surface area contributed by atoms with Gasteiger partial charge in [0.25, 0.3) is 0 Å². The highest BCUT2D eigenvalue weighted by Gasteiger charge is 2.51. The van der Waals surface area contributed by atoms with Crippen LogP contribution in [0.3, 0.4) is 0 Å². The molecule has 3 nitrogen and oxygen atoms in total. The highest BCUT2D eigenvalue weighted by atomic mass is 15.0. The van der Waals surface area contributed by atoms with Crippen LogP contribution in [0.1, 0.15) is 22.3 Å². The molecule has 0 bridgehead atoms. The molecule has 1 aromatic heterocycles. The number of rotatable bonds is 5. The molecule has 3 heteroatoms. The molecule has 59 heavy (non-hydrogen) atoms. The van der Waals surface area contributed by atoms with Gasteiger partial charge in [-0.05, 0) is 83.6 Å². The van der Waals surface area contributed by atoms with Gasteiger partial charge in [0, 0.05) is 16.7 Å². The van der Waals surface area contributed by atoms with E-state index in [4.69, 9.17) is 15.0 Å². The van der Waals surface area contributed by atoms with E-state index >= 15 is 0 Å². The van der Waals surface area contributed by atoms with Crippen molar-refractivity contribution in [2.24, 2.45) is 0 Å². The predicted octanol–water partition coefficient (Wildman–Crippen LogP) is 13.7. The van der Waals surface area contributed by atoms with Crippen molar-refractivity contribution in [1.82, 2.24) is 15.0 Å². The second kappa shape index (κ2) is 13.2. The van der Waals surface area contributed by atoms with E-state index in [9.17, 15) is 0 Å². The number of hydrogen-bond donors (Lipinski definition) is 0. The topological polar surface area (TPSA) is 38.7 Å². The van der Waals surface area contributed by atoms with Crippen molar-refractivity contribution in [3.05, 3.63) is 235 Å². The molecule has 0 aliphatic heterocycles. The van der Waals surface area contributed by atoms with Crippen molar-refractivity contribution in [2.75, 3.05) is 0 Å². The van der Waals surface area contributed by atoms with Crippen LogP contribution in [-0.4, -0.2) is 15.0 Å². The number of nitrogens with zero attached hydrogens (tertiary/aromatic N) is 3. The Bertz CT molecular complexity index is 3190. The van der Waals surface area contributed by atoms with Gasteiger partial charge in [-0.3, -0.25) is 0 Å². The molecule has 0 N–H and O–H groups in total. The maximum Gasteiger partial charge on any atom is 0.164 e. The zero-order chi connectivity index (χ0) is 38.9. The summed E-state index contributed by atoms with van der Waals surface area (Å²) in [5.74, 6) is 1.96. The summed E-state index contributed by atoms with van der Waals surface area (Å²) in [6.07, 6.45) is 0. The lowest BCUT2D eigenvalue weighted by Gasteiger charge is -2.30. The monoisotopic (exact) mass is 749 g/mol. The van der Waals surface area contributed by atoms with Gasteiger partial charge in [-0.2, -0.15) is 0 Å². The molecule has 0 amide bonds. The Morgan fingerprint density at radius 1 is 0.254 bits per heavy atom. The van der Waals surface area contributed by atoms with Crippen molar-refractivity contribution in [3.8, 4) is 78.7 Å². The van der Waals surface area contributed by atoms with Crippen molar-refractivity contribution in [2.45, 2.75) is 5.41 Å². The van der Waals surface area contributed by atoms with Gasteiger partial charge in [-0.15, -0.1) is 0 Å². The van der Waals surface area contributed by atoms with Crippen LogP contribution in [0.15, 0.2) is 212 Å². The Kier molecular flexibility index (Phi) is 7.45. The second-order valence-corrected chi connectivity index (χ2v) is 15.5. The SMILES string of the molecule is c1ccc(-c2nc(-c3ccc(-c4ccc(-c5ccc6c(c5)C5(c7ccccc7-c7ccccc75)c5ccccc5-6)cc4)cc3)nc(-c3cccc4ccccc34)n2)cc1. The number of hydrogen-bond acceptors (Lipinski definition) is 3. The van der Waals surface area contributed by atoms with Crippen LogP contribution in [0, 0.1) is 0 Å². The lowest BCUT2D eigenvalue weighted by molar-refractivity contribution is 0.794. The van der Waals surface area contributed by atoms with E-state index in [0.29, 0.717) is 17.5 Å². The second-order valence-electron chi connectivity index (χ2n) is 15.5. The van der Waals surface area contributed by atoms with E-state index in [1.807, 2.05) is 30.3 Å². The number of benzene rings is 9. The van der Waals surface area contributed by atoms with Gasteiger partial charge < -0.3 is 0 Å². The van der Waals surface area contributed by atoms with Gasteiger partial charge >= 0.3 is 0 Å². The summed E-state index contributed by atoms with van der Waals surface area (Å²) < 4.78 is 0. The Balaban J connectivity index is 0.902. The number of aromatic nitrogens is 3. The summed E-state index contributed by atoms with van der Waals surface area (Å²) in [5.41, 5.74) is 17.9. The van der Waals surface area contributed by atoms with Crippen LogP contribution < -0.4 is 0 Å². The molecule has 0 unspecified atom stereocenters. The molecule has 1 spiro atoms. The van der Waals surface area contributed by atoms with E-state index in [2.05, 4.69) is 182 Å². The van der Waals surface area contributed by atoms with Crippen molar-refractivity contribution in [1.29, 1.82) is 0 Å². The molecule has 0 fully saturated rings. The van der Waals surface area contributed by atoms with Crippen LogP contribution in [0.25, 0.3) is 89.4 Å². The highest BCUT2D eigenvalue weighted by Crippen LogP contribution is 2.63. The molecule has 12 rings (SSSR count). The van der Waals surface area contributed by atoms with Crippen molar-refractivity contribution >= 4 is 10.8 Å². The fraction of sp³-hybridized carbons (Fsp3) is 0.0179. The molecule has 0 atom stereocenters. The van der Waals surface area contributed by atoms with Crippen LogP contribution in [-0.2, 0) is 5.41 Å². The molecule has 2 aliphatic rings. The first kappa shape index (κ1) is 33.4. The van der Waals surface area contributed by atoms with Gasteiger partial charge in [0.15, 0.2) is 17.5 Å². The van der Waals surface area contributed by atoms with Gasteiger partial charge in [-0.1, -0.05) is 206 Å². The standard InChI is InChI=1S/C56H35N3/c1-2-14-40(15-3-1)53-57-54(59-55(58-53)48-21-12-16-39-13-4-5-17-43(39)48)41-31-29-37(30-32-41)36-25-27-38(28-26-36)42-33-34-47-46-20-8-11-24-51(46)56(52(47)35-42)49-22-9-6-18-44(49)45-19-7-10-23-50(45)56/h1-35H. The smallest absolute Gasteiger partial charge is 0.164 e. The summed E-state index contributed by atoms with van der Waals surface area (Å²) in [4.78, 5) is 15.1. The molecule has 1 heterocycles. The normalized spacial score (nSPS) is 12.9. The van der Waals surface area contributed by atoms with Crippen molar-refractivity contribution in [3.63, 3.8) is 0 Å². The molecule has 9 aromatic carbocycles. The Morgan fingerprint density at radius 3 is 1.27 bits per heavy atom. The summed E-state index contributed by atoms with van der Waals surface area (Å²) in [6.45, 7) is 0. The van der Waals surface area contributed by atoms with Gasteiger partial charge in [-0.25, -0.2) is 15.0 Å². The molecule has 0 radical (unpaired) electrons. The third kappa shape index (κ3) is 5.11. The average molecular weight is 750 g/mol. The van der Waals surface area contributed by atoms with Crippen LogP contribution >= 0.6 is 0 Å². The van der Waals surface area contributed by atoms with Gasteiger partial charge in [0.05, 0.1) is 5.41 Å². The predicted molar refractivity (Wildman–Crippen MR) is 241 cm³/mol. The molecule has 274 valence electrons. The molecule has 0 saturated heterocycles. The molecule has 2 aliphatic carbocycles. The van der Waals surface area contributed by atoms with Crippen molar-refractivity contribution < 1.29 is 0 Å². The summed E-state index contributed by atoms with van der Waals surface area (Å²) >= 11 is 0. The fourth-order valence-electron chi connectivity index (χ4n) is 9.70. The van der Waals surface area contributed by atoms with Crippen LogP contribution in [0.5, 0.6) is 0 Å². The molecule has 0 saturated carbocycles. The first-order chi connectivity index (χ1) is 29.2. The van der Waals surface area contributed by atoms with E-state index in [-0.39, 0.29) is 5.41 Å². The Labute approximate surface area is 343 Å². The molecule has 10 aromatic rings. The Hall–Kier alpha value is -7.75. The summed E-state index contributed by atoms with van der Waals surface area (Å²) in [6, 6.07) is 76.4. The van der Waals surface area contributed by atoms with Gasteiger partial charge in [0.2, 0.25) is 0 Å². The van der Waals surface area contributed by atoms with Crippen LogP contribution in [0.2, 0.25) is 0 Å². The average Bonchev–Trinajstić information content (AvgIpc) is 3.79. The number of fused-ring (bicyclic) bond motifs is 11.